The van der Waals surface area contributed by atoms with Crippen LogP contribution in [0.25, 0.3) is 0 Å². The van der Waals surface area contributed by atoms with Crippen molar-refractivity contribution in [1.82, 2.24) is 10.2 Å². The minimum Gasteiger partial charge on any atom is -0.316 e. The van der Waals surface area contributed by atoms with Crippen molar-refractivity contribution < 1.29 is 0 Å². The first kappa shape index (κ1) is 10.1. The fraction of sp³-hybridized carbons (Fsp3) is 1.00. The molecule has 2 atom stereocenters. The Bertz CT molecular complexity index is 237. The van der Waals surface area contributed by atoms with E-state index in [9.17, 15) is 0 Å². The Hall–Kier alpha value is -0.0800. The third-order valence-corrected chi connectivity index (χ3v) is 5.03. The van der Waals surface area contributed by atoms with Crippen molar-refractivity contribution in [2.24, 2.45) is 11.3 Å². The molecule has 3 fully saturated rings. The minimum atomic E-state index is 0.697. The van der Waals surface area contributed by atoms with Crippen LogP contribution in [-0.4, -0.2) is 37.1 Å². The van der Waals surface area contributed by atoms with Gasteiger partial charge in [0.05, 0.1) is 0 Å². The maximum absolute atomic E-state index is 3.58. The second-order valence-electron chi connectivity index (χ2n) is 5.87. The molecule has 1 aliphatic carbocycles. The quantitative estimate of drug-likeness (QED) is 0.745. The van der Waals surface area contributed by atoms with Crippen LogP contribution in [0.2, 0.25) is 0 Å². The standard InChI is InChI=1S/C13H24N2/c1-2-11-9-14-7-5-13(11)6-8-15(10-13)12-3-4-12/h11-12,14H,2-10H2,1H3. The summed E-state index contributed by atoms with van der Waals surface area (Å²) < 4.78 is 0. The Morgan fingerprint density at radius 2 is 2.20 bits per heavy atom. The molecule has 86 valence electrons. The zero-order valence-electron chi connectivity index (χ0n) is 9.97. The normalized spacial score (nSPS) is 42.6. The molecule has 2 saturated heterocycles. The zero-order chi connectivity index (χ0) is 10.3. The summed E-state index contributed by atoms with van der Waals surface area (Å²) in [6.45, 7) is 7.71. The van der Waals surface area contributed by atoms with E-state index < -0.39 is 0 Å². The van der Waals surface area contributed by atoms with Crippen molar-refractivity contribution >= 4 is 0 Å². The molecular weight excluding hydrogens is 184 g/mol. The van der Waals surface area contributed by atoms with E-state index in [1.807, 2.05) is 0 Å². The third-order valence-electron chi connectivity index (χ3n) is 5.03. The van der Waals surface area contributed by atoms with Crippen LogP contribution in [0.5, 0.6) is 0 Å². The van der Waals surface area contributed by atoms with Crippen LogP contribution < -0.4 is 5.32 Å². The Kier molecular flexibility index (Phi) is 2.52. The first-order valence-corrected chi connectivity index (χ1v) is 6.79. The molecule has 2 nitrogen and oxygen atoms in total. The van der Waals surface area contributed by atoms with Crippen LogP contribution in [0.3, 0.4) is 0 Å². The zero-order valence-corrected chi connectivity index (χ0v) is 9.97. The van der Waals surface area contributed by atoms with Gasteiger partial charge in [-0.3, -0.25) is 4.90 Å². The first-order valence-electron chi connectivity index (χ1n) is 6.79. The van der Waals surface area contributed by atoms with Gasteiger partial charge in [-0.05, 0) is 56.7 Å². The van der Waals surface area contributed by atoms with E-state index in [1.54, 1.807) is 0 Å². The third kappa shape index (κ3) is 1.72. The Labute approximate surface area is 93.4 Å². The van der Waals surface area contributed by atoms with Crippen LogP contribution >= 0.6 is 0 Å². The molecule has 3 rings (SSSR count). The molecule has 3 aliphatic rings. The highest BCUT2D eigenvalue weighted by molar-refractivity contribution is 5.01. The summed E-state index contributed by atoms with van der Waals surface area (Å²) in [6.07, 6.45) is 7.22. The van der Waals surface area contributed by atoms with Crippen LogP contribution in [0, 0.1) is 11.3 Å². The number of hydrogen-bond acceptors (Lipinski definition) is 2. The maximum atomic E-state index is 3.58. The number of likely N-dealkylation sites (tertiary alicyclic amines) is 1. The average Bonchev–Trinajstić information content (AvgIpc) is 3.04. The highest BCUT2D eigenvalue weighted by Crippen LogP contribution is 2.46. The monoisotopic (exact) mass is 208 g/mol. The summed E-state index contributed by atoms with van der Waals surface area (Å²) in [6, 6.07) is 0.983. The lowest BCUT2D eigenvalue weighted by molar-refractivity contribution is 0.108. The molecule has 0 bridgehead atoms. The number of piperidine rings is 1. The summed E-state index contributed by atoms with van der Waals surface area (Å²) in [5.41, 5.74) is 0.697. The number of rotatable bonds is 2. The predicted octanol–water partition coefficient (Wildman–Crippen LogP) is 1.86. The van der Waals surface area contributed by atoms with Crippen LogP contribution in [0.15, 0.2) is 0 Å². The fourth-order valence-electron chi connectivity index (χ4n) is 3.83. The molecule has 0 aromatic carbocycles. The Morgan fingerprint density at radius 1 is 1.33 bits per heavy atom. The van der Waals surface area contributed by atoms with Crippen LogP contribution in [0.4, 0.5) is 0 Å². The Morgan fingerprint density at radius 3 is 2.93 bits per heavy atom. The van der Waals surface area contributed by atoms with Crippen molar-refractivity contribution in [1.29, 1.82) is 0 Å². The maximum Gasteiger partial charge on any atom is 0.00966 e. The molecule has 2 unspecified atom stereocenters. The summed E-state index contributed by atoms with van der Waals surface area (Å²) >= 11 is 0. The molecule has 1 spiro atoms. The van der Waals surface area contributed by atoms with E-state index in [4.69, 9.17) is 0 Å². The van der Waals surface area contributed by atoms with Crippen molar-refractivity contribution in [2.75, 3.05) is 26.2 Å². The van der Waals surface area contributed by atoms with Crippen molar-refractivity contribution in [2.45, 2.75) is 45.1 Å². The highest BCUT2D eigenvalue weighted by atomic mass is 15.2. The van der Waals surface area contributed by atoms with E-state index >= 15 is 0 Å². The average molecular weight is 208 g/mol. The molecule has 0 aromatic rings. The second kappa shape index (κ2) is 3.74. The fourth-order valence-corrected chi connectivity index (χ4v) is 3.83. The van der Waals surface area contributed by atoms with Crippen LogP contribution in [-0.2, 0) is 0 Å². The van der Waals surface area contributed by atoms with Gasteiger partial charge in [0.25, 0.3) is 0 Å². The predicted molar refractivity (Wildman–Crippen MR) is 62.9 cm³/mol. The molecule has 2 heterocycles. The molecular formula is C13H24N2. The molecule has 1 saturated carbocycles. The van der Waals surface area contributed by atoms with Gasteiger partial charge >= 0.3 is 0 Å². The van der Waals surface area contributed by atoms with Gasteiger partial charge in [-0.2, -0.15) is 0 Å². The van der Waals surface area contributed by atoms with E-state index in [1.165, 1.54) is 58.3 Å². The van der Waals surface area contributed by atoms with E-state index in [2.05, 4.69) is 17.1 Å². The SMILES string of the molecule is CCC1CNCCC12CCN(C1CC1)C2. The summed E-state index contributed by atoms with van der Waals surface area (Å²) in [4.78, 5) is 2.79. The molecule has 15 heavy (non-hydrogen) atoms. The number of hydrogen-bond donors (Lipinski definition) is 1. The Balaban J connectivity index is 1.71. The lowest BCUT2D eigenvalue weighted by Gasteiger charge is -2.41. The summed E-state index contributed by atoms with van der Waals surface area (Å²) in [5, 5.41) is 3.58. The lowest BCUT2D eigenvalue weighted by Crippen LogP contribution is -2.46. The van der Waals surface area contributed by atoms with Crippen molar-refractivity contribution in [3.63, 3.8) is 0 Å². The van der Waals surface area contributed by atoms with E-state index in [-0.39, 0.29) is 0 Å². The number of nitrogens with zero attached hydrogens (tertiary/aromatic N) is 1. The van der Waals surface area contributed by atoms with Gasteiger partial charge < -0.3 is 5.32 Å². The molecule has 0 aromatic heterocycles. The number of nitrogens with one attached hydrogen (secondary N) is 1. The summed E-state index contributed by atoms with van der Waals surface area (Å²) in [7, 11) is 0. The van der Waals surface area contributed by atoms with Gasteiger partial charge in [0.15, 0.2) is 0 Å². The van der Waals surface area contributed by atoms with E-state index in [0.717, 1.165) is 12.0 Å². The highest BCUT2D eigenvalue weighted by Gasteiger charge is 2.47. The van der Waals surface area contributed by atoms with Gasteiger partial charge in [0.1, 0.15) is 0 Å². The van der Waals surface area contributed by atoms with Gasteiger partial charge in [0, 0.05) is 12.6 Å². The van der Waals surface area contributed by atoms with E-state index in [0.29, 0.717) is 5.41 Å². The molecule has 0 amide bonds. The summed E-state index contributed by atoms with van der Waals surface area (Å²) in [5.74, 6) is 0.940. The molecule has 2 heteroatoms. The second-order valence-corrected chi connectivity index (χ2v) is 5.87. The van der Waals surface area contributed by atoms with Crippen LogP contribution in [0.1, 0.15) is 39.0 Å². The van der Waals surface area contributed by atoms with Gasteiger partial charge in [-0.15, -0.1) is 0 Å². The lowest BCUT2D eigenvalue weighted by atomic mass is 9.69. The van der Waals surface area contributed by atoms with Crippen molar-refractivity contribution in [3.8, 4) is 0 Å². The molecule has 1 N–H and O–H groups in total. The topological polar surface area (TPSA) is 15.3 Å². The van der Waals surface area contributed by atoms with Gasteiger partial charge in [-0.25, -0.2) is 0 Å². The first-order chi connectivity index (χ1) is 7.34. The van der Waals surface area contributed by atoms with Crippen molar-refractivity contribution in [3.05, 3.63) is 0 Å². The van der Waals surface area contributed by atoms with Gasteiger partial charge in [0.2, 0.25) is 0 Å². The van der Waals surface area contributed by atoms with Gasteiger partial charge in [-0.1, -0.05) is 13.3 Å². The smallest absolute Gasteiger partial charge is 0.00966 e. The molecule has 2 aliphatic heterocycles. The molecule has 0 radical (unpaired) electrons. The largest absolute Gasteiger partial charge is 0.316 e. The minimum absolute atomic E-state index is 0.697.